The highest BCUT2D eigenvalue weighted by molar-refractivity contribution is 6.00. The number of aliphatic imine (C=N–C) groups is 2. The first-order valence-electron chi connectivity index (χ1n) is 11.1. The number of para-hydroxylation sites is 2. The summed E-state index contributed by atoms with van der Waals surface area (Å²) in [7, 11) is 0. The van der Waals surface area contributed by atoms with E-state index in [2.05, 4.69) is 104 Å². The van der Waals surface area contributed by atoms with E-state index >= 15 is 0 Å². The predicted molar refractivity (Wildman–Crippen MR) is 133 cm³/mol. The molecule has 5 aromatic rings. The third kappa shape index (κ3) is 3.44. The molecule has 1 aliphatic rings. The third-order valence-corrected chi connectivity index (χ3v) is 6.15. The summed E-state index contributed by atoms with van der Waals surface area (Å²) in [6.45, 7) is 3.02. The highest BCUT2D eigenvalue weighted by Crippen LogP contribution is 2.24. The van der Waals surface area contributed by atoms with E-state index in [0.717, 1.165) is 24.2 Å². The van der Waals surface area contributed by atoms with Crippen molar-refractivity contribution in [2.45, 2.75) is 13.1 Å². The van der Waals surface area contributed by atoms with Crippen LogP contribution >= 0.6 is 0 Å². The van der Waals surface area contributed by atoms with Crippen molar-refractivity contribution < 1.29 is 0 Å². The maximum absolute atomic E-state index is 4.66. The van der Waals surface area contributed by atoms with Gasteiger partial charge in [-0.1, -0.05) is 60.7 Å². The van der Waals surface area contributed by atoms with Gasteiger partial charge in [-0.2, -0.15) is 0 Å². The Balaban J connectivity index is 1.47. The van der Waals surface area contributed by atoms with Crippen LogP contribution < -0.4 is 0 Å². The number of rotatable bonds is 0. The number of nitrogens with zero attached hydrogens (tertiary/aromatic N) is 4. The van der Waals surface area contributed by atoms with E-state index in [4.69, 9.17) is 0 Å². The minimum atomic E-state index is 0.676. The molecule has 4 heteroatoms. The molecule has 0 fully saturated rings. The molecule has 0 aliphatic carbocycles. The standard InChI is InChI=1S/C28H24N4/c1-3-10-27-25(8-1)23-15-29-12-13-30-16-24-20-32(28-11-4-2-9-26(24)28)18-22-7-5-6-21(14-22)17-31(27)19-23/h1-11,14-16,19-20H,12-13,17-18H2. The van der Waals surface area contributed by atoms with Crippen LogP contribution in [0.4, 0.5) is 0 Å². The van der Waals surface area contributed by atoms with Crippen LogP contribution in [0.1, 0.15) is 22.3 Å². The molecule has 0 saturated heterocycles. The summed E-state index contributed by atoms with van der Waals surface area (Å²) < 4.78 is 4.66. The number of hydrogen-bond acceptors (Lipinski definition) is 2. The van der Waals surface area contributed by atoms with Crippen molar-refractivity contribution in [3.63, 3.8) is 0 Å². The first kappa shape index (κ1) is 18.8. The van der Waals surface area contributed by atoms with E-state index in [1.807, 2.05) is 12.4 Å². The monoisotopic (exact) mass is 416 g/mol. The minimum Gasteiger partial charge on any atom is -0.342 e. The molecular weight excluding hydrogens is 392 g/mol. The Morgan fingerprint density at radius 3 is 1.59 bits per heavy atom. The fourth-order valence-electron chi connectivity index (χ4n) is 4.68. The van der Waals surface area contributed by atoms with Gasteiger partial charge in [0.25, 0.3) is 0 Å². The van der Waals surface area contributed by atoms with Crippen molar-refractivity contribution in [1.29, 1.82) is 0 Å². The molecule has 1 aliphatic heterocycles. The highest BCUT2D eigenvalue weighted by atomic mass is 15.0. The fraction of sp³-hybridized carbons (Fsp3) is 0.143. The topological polar surface area (TPSA) is 34.6 Å². The number of aromatic nitrogens is 2. The zero-order chi connectivity index (χ0) is 21.3. The molecule has 0 N–H and O–H groups in total. The van der Waals surface area contributed by atoms with Crippen molar-refractivity contribution in [3.05, 3.63) is 107 Å². The van der Waals surface area contributed by atoms with Crippen LogP contribution in [-0.2, 0) is 13.1 Å². The van der Waals surface area contributed by atoms with Crippen molar-refractivity contribution >= 4 is 34.2 Å². The summed E-state index contributed by atoms with van der Waals surface area (Å²) >= 11 is 0. The fourth-order valence-corrected chi connectivity index (χ4v) is 4.68. The van der Waals surface area contributed by atoms with Gasteiger partial charge < -0.3 is 9.13 Å². The van der Waals surface area contributed by atoms with Crippen molar-refractivity contribution in [3.8, 4) is 0 Å². The molecule has 3 heterocycles. The maximum atomic E-state index is 4.66. The second-order valence-electron chi connectivity index (χ2n) is 8.35. The average molecular weight is 417 g/mol. The van der Waals surface area contributed by atoms with E-state index in [9.17, 15) is 0 Å². The molecule has 6 bridgehead atoms. The first-order valence-corrected chi connectivity index (χ1v) is 11.1. The second kappa shape index (κ2) is 7.97. The van der Waals surface area contributed by atoms with Gasteiger partial charge >= 0.3 is 0 Å². The van der Waals surface area contributed by atoms with Crippen molar-refractivity contribution in [1.82, 2.24) is 9.13 Å². The summed E-state index contributed by atoms with van der Waals surface area (Å²) in [4.78, 5) is 9.33. The second-order valence-corrected chi connectivity index (χ2v) is 8.35. The minimum absolute atomic E-state index is 0.676. The van der Waals surface area contributed by atoms with Crippen molar-refractivity contribution in [2.24, 2.45) is 9.98 Å². The van der Waals surface area contributed by atoms with Gasteiger partial charge in [0.2, 0.25) is 0 Å². The summed E-state index contributed by atoms with van der Waals surface area (Å²) in [6.07, 6.45) is 8.42. The van der Waals surface area contributed by atoms with Crippen LogP contribution in [0.25, 0.3) is 21.8 Å². The van der Waals surface area contributed by atoms with E-state index in [1.165, 1.54) is 32.9 Å². The molecule has 156 valence electrons. The Hall–Kier alpha value is -3.92. The largest absolute Gasteiger partial charge is 0.342 e. The van der Waals surface area contributed by atoms with Crippen LogP contribution in [-0.4, -0.2) is 34.7 Å². The molecule has 0 spiro atoms. The lowest BCUT2D eigenvalue weighted by molar-refractivity contribution is 0.814. The lowest BCUT2D eigenvalue weighted by Crippen LogP contribution is -2.01. The Bertz CT molecular complexity index is 1370. The van der Waals surface area contributed by atoms with Gasteiger partial charge in [0.15, 0.2) is 0 Å². The molecule has 0 radical (unpaired) electrons. The first-order chi connectivity index (χ1) is 15.8. The quantitative estimate of drug-likeness (QED) is 0.318. The lowest BCUT2D eigenvalue weighted by atomic mass is 10.1. The molecule has 32 heavy (non-hydrogen) atoms. The Labute approximate surface area is 187 Å². The van der Waals surface area contributed by atoms with Gasteiger partial charge in [0, 0.05) is 70.8 Å². The van der Waals surface area contributed by atoms with Crippen LogP contribution in [0.5, 0.6) is 0 Å². The molecule has 4 nitrogen and oxygen atoms in total. The summed E-state index contributed by atoms with van der Waals surface area (Å²) in [5.41, 5.74) is 7.39. The average Bonchev–Trinajstić information content (AvgIpc) is 3.34. The Morgan fingerprint density at radius 2 is 1.06 bits per heavy atom. The van der Waals surface area contributed by atoms with Crippen LogP contribution in [0.2, 0.25) is 0 Å². The smallest absolute Gasteiger partial charge is 0.0585 e. The number of benzene rings is 3. The molecule has 0 saturated carbocycles. The third-order valence-electron chi connectivity index (χ3n) is 6.15. The van der Waals surface area contributed by atoms with Crippen molar-refractivity contribution in [2.75, 3.05) is 13.1 Å². The number of hydrogen-bond donors (Lipinski definition) is 0. The van der Waals surface area contributed by atoms with Crippen LogP contribution in [0.15, 0.2) is 95.2 Å². The van der Waals surface area contributed by atoms with Gasteiger partial charge in [-0.3, -0.25) is 9.98 Å². The van der Waals surface area contributed by atoms with Gasteiger partial charge in [-0.15, -0.1) is 0 Å². The highest BCUT2D eigenvalue weighted by Gasteiger charge is 2.10. The molecular formula is C28H24N4. The molecule has 2 aromatic heterocycles. The zero-order valence-corrected chi connectivity index (χ0v) is 17.9. The molecule has 3 aromatic carbocycles. The SMILES string of the molecule is C1=NCCN=Cc2cn(c3ccccc23)Cc2cccc(c2)Cn2cc1c1ccccc12. The van der Waals surface area contributed by atoms with Gasteiger partial charge in [0.1, 0.15) is 0 Å². The Kier molecular flexibility index (Phi) is 4.69. The number of fused-ring (bicyclic) bond motifs is 12. The summed E-state index contributed by atoms with van der Waals surface area (Å²) in [5, 5.41) is 2.48. The summed E-state index contributed by atoms with van der Waals surface area (Å²) in [5.74, 6) is 0. The van der Waals surface area contributed by atoms with E-state index < -0.39 is 0 Å². The van der Waals surface area contributed by atoms with Crippen LogP contribution in [0.3, 0.4) is 0 Å². The molecule has 0 atom stereocenters. The Morgan fingerprint density at radius 1 is 0.562 bits per heavy atom. The molecule has 0 unspecified atom stereocenters. The predicted octanol–water partition coefficient (Wildman–Crippen LogP) is 5.54. The van der Waals surface area contributed by atoms with E-state index in [0.29, 0.717) is 13.1 Å². The normalized spacial score (nSPS) is 14.1. The van der Waals surface area contributed by atoms with Gasteiger partial charge in [-0.05, 0) is 23.3 Å². The van der Waals surface area contributed by atoms with Gasteiger partial charge in [-0.25, -0.2) is 0 Å². The van der Waals surface area contributed by atoms with Gasteiger partial charge in [0.05, 0.1) is 13.1 Å². The molecule has 0 amide bonds. The molecule has 6 rings (SSSR count). The zero-order valence-electron chi connectivity index (χ0n) is 17.9. The van der Waals surface area contributed by atoms with Crippen LogP contribution in [0, 0.1) is 0 Å². The van der Waals surface area contributed by atoms with E-state index in [-0.39, 0.29) is 0 Å². The lowest BCUT2D eigenvalue weighted by Gasteiger charge is -2.10. The summed E-state index contributed by atoms with van der Waals surface area (Å²) in [6, 6.07) is 26.0. The van der Waals surface area contributed by atoms with E-state index in [1.54, 1.807) is 0 Å². The maximum Gasteiger partial charge on any atom is 0.0585 e.